The Labute approximate surface area is 137 Å². The van der Waals surface area contributed by atoms with E-state index in [0.717, 1.165) is 5.56 Å². The molecular formula is C18H20O4S. The lowest BCUT2D eigenvalue weighted by Gasteiger charge is -2.19. The van der Waals surface area contributed by atoms with Crippen LogP contribution in [0.3, 0.4) is 0 Å². The Morgan fingerprint density at radius 1 is 1.00 bits per heavy atom. The smallest absolute Gasteiger partial charge is 0.339 e. The van der Waals surface area contributed by atoms with Crippen LogP contribution in [-0.2, 0) is 15.5 Å². The lowest BCUT2D eigenvalue weighted by atomic mass is 9.87. The fourth-order valence-corrected chi connectivity index (χ4v) is 2.99. The molecule has 0 aliphatic carbocycles. The van der Waals surface area contributed by atoms with Gasteiger partial charge in [0, 0.05) is 5.56 Å². The third-order valence-electron chi connectivity index (χ3n) is 3.46. The first-order chi connectivity index (χ1) is 10.6. The van der Waals surface area contributed by atoms with Gasteiger partial charge in [0.2, 0.25) is 0 Å². The van der Waals surface area contributed by atoms with E-state index < -0.39 is 10.1 Å². The molecule has 0 aliphatic heterocycles. The molecule has 0 radical (unpaired) electrons. The van der Waals surface area contributed by atoms with E-state index in [2.05, 4.69) is 20.8 Å². The van der Waals surface area contributed by atoms with Crippen LogP contribution in [0.15, 0.2) is 53.4 Å². The molecule has 2 aromatic rings. The summed E-state index contributed by atoms with van der Waals surface area (Å²) in [4.78, 5) is 11.4. The highest BCUT2D eigenvalue weighted by Crippen LogP contribution is 2.25. The van der Waals surface area contributed by atoms with Crippen LogP contribution in [0.4, 0.5) is 0 Å². The molecule has 0 N–H and O–H groups in total. The van der Waals surface area contributed by atoms with Crippen molar-refractivity contribution in [1.29, 1.82) is 0 Å². The summed E-state index contributed by atoms with van der Waals surface area (Å²) < 4.78 is 29.8. The first-order valence-electron chi connectivity index (χ1n) is 7.26. The summed E-state index contributed by atoms with van der Waals surface area (Å²) in [6, 6.07) is 12.8. The number of Topliss-reactive ketones (excluding diaryl/α,β-unsaturated/α-hetero) is 1. The summed E-state index contributed by atoms with van der Waals surface area (Å²) in [5.41, 5.74) is 1.38. The van der Waals surface area contributed by atoms with Crippen LogP contribution < -0.4 is 4.18 Å². The highest BCUT2D eigenvalue weighted by Gasteiger charge is 2.19. The van der Waals surface area contributed by atoms with Gasteiger partial charge in [-0.05, 0) is 42.2 Å². The van der Waals surface area contributed by atoms with Crippen molar-refractivity contribution in [2.75, 3.05) is 0 Å². The predicted octanol–water partition coefficient (Wildman–Crippen LogP) is 3.95. The predicted molar refractivity (Wildman–Crippen MR) is 89.4 cm³/mol. The third kappa shape index (κ3) is 4.20. The number of carbonyl (C=O) groups excluding carboxylic acids is 1. The van der Waals surface area contributed by atoms with E-state index in [1.165, 1.54) is 31.2 Å². The van der Waals surface area contributed by atoms with Gasteiger partial charge >= 0.3 is 10.1 Å². The highest BCUT2D eigenvalue weighted by atomic mass is 32.2. The molecule has 0 atom stereocenters. The van der Waals surface area contributed by atoms with Crippen LogP contribution in [0.2, 0.25) is 0 Å². The molecule has 2 rings (SSSR count). The van der Waals surface area contributed by atoms with Gasteiger partial charge in [0.15, 0.2) is 5.78 Å². The zero-order chi connectivity index (χ0) is 17.3. The molecule has 122 valence electrons. The van der Waals surface area contributed by atoms with Gasteiger partial charge in [-0.25, -0.2) is 0 Å². The maximum Gasteiger partial charge on any atom is 0.339 e. The minimum Gasteiger partial charge on any atom is -0.379 e. The Balaban J connectivity index is 2.29. The second-order valence-electron chi connectivity index (χ2n) is 6.40. The van der Waals surface area contributed by atoms with Crippen molar-refractivity contribution < 1.29 is 17.4 Å². The van der Waals surface area contributed by atoms with Crippen molar-refractivity contribution in [3.8, 4) is 5.75 Å². The van der Waals surface area contributed by atoms with Crippen LogP contribution in [-0.4, -0.2) is 14.2 Å². The average Bonchev–Trinajstić information content (AvgIpc) is 2.46. The molecule has 0 fully saturated rings. The molecule has 5 heteroatoms. The molecule has 0 heterocycles. The van der Waals surface area contributed by atoms with Crippen LogP contribution in [0, 0.1) is 0 Å². The van der Waals surface area contributed by atoms with Crippen molar-refractivity contribution in [2.45, 2.75) is 38.0 Å². The fraction of sp³-hybridized carbons (Fsp3) is 0.278. The van der Waals surface area contributed by atoms with Crippen LogP contribution in [0.25, 0.3) is 0 Å². The Hall–Kier alpha value is -2.14. The van der Waals surface area contributed by atoms with E-state index in [1.54, 1.807) is 24.3 Å². The lowest BCUT2D eigenvalue weighted by molar-refractivity contribution is 0.101. The van der Waals surface area contributed by atoms with Gasteiger partial charge in [0.1, 0.15) is 10.6 Å². The first-order valence-corrected chi connectivity index (χ1v) is 8.66. The molecule has 23 heavy (non-hydrogen) atoms. The van der Waals surface area contributed by atoms with Gasteiger partial charge in [-0.15, -0.1) is 0 Å². The summed E-state index contributed by atoms with van der Waals surface area (Å²) in [6.45, 7) is 7.58. The summed E-state index contributed by atoms with van der Waals surface area (Å²) >= 11 is 0. The number of carbonyl (C=O) groups is 1. The summed E-state index contributed by atoms with van der Waals surface area (Å²) in [6.07, 6.45) is 0. The lowest BCUT2D eigenvalue weighted by Crippen LogP contribution is -2.13. The first kappa shape index (κ1) is 17.2. The Morgan fingerprint density at radius 2 is 1.61 bits per heavy atom. The standard InChI is InChI=1S/C18H20O4S/c1-13(19)14-6-5-7-16(12-14)22-23(20,21)17-10-8-15(9-11-17)18(2,3)4/h5-12H,1-4H3. The van der Waals surface area contributed by atoms with Gasteiger partial charge in [-0.1, -0.05) is 45.0 Å². The minimum absolute atomic E-state index is 0.0566. The van der Waals surface area contributed by atoms with Crippen LogP contribution in [0.5, 0.6) is 5.75 Å². The number of ketones is 1. The second kappa shape index (κ2) is 6.16. The number of hydrogen-bond donors (Lipinski definition) is 0. The SMILES string of the molecule is CC(=O)c1cccc(OS(=O)(=O)c2ccc(C(C)(C)C)cc2)c1. The number of benzene rings is 2. The van der Waals surface area contributed by atoms with Crippen LogP contribution >= 0.6 is 0 Å². The Kier molecular flexibility index (Phi) is 4.61. The van der Waals surface area contributed by atoms with E-state index in [4.69, 9.17) is 4.18 Å². The van der Waals surface area contributed by atoms with Gasteiger partial charge in [0.05, 0.1) is 0 Å². The van der Waals surface area contributed by atoms with Crippen molar-refractivity contribution in [2.24, 2.45) is 0 Å². The van der Waals surface area contributed by atoms with Gasteiger partial charge in [-0.3, -0.25) is 4.79 Å². The molecule has 0 amide bonds. The molecule has 0 unspecified atom stereocenters. The Morgan fingerprint density at radius 3 is 2.13 bits per heavy atom. The zero-order valence-corrected chi connectivity index (χ0v) is 14.5. The molecule has 2 aromatic carbocycles. The van der Waals surface area contributed by atoms with Gasteiger partial charge in [0.25, 0.3) is 0 Å². The molecule has 0 spiro atoms. The molecule has 0 saturated heterocycles. The molecule has 0 aromatic heterocycles. The molecule has 0 bridgehead atoms. The number of rotatable bonds is 4. The van der Waals surface area contributed by atoms with E-state index in [-0.39, 0.29) is 21.8 Å². The third-order valence-corrected chi connectivity index (χ3v) is 4.72. The molecule has 4 nitrogen and oxygen atoms in total. The average molecular weight is 332 g/mol. The summed E-state index contributed by atoms with van der Waals surface area (Å²) in [5, 5.41) is 0. The normalized spacial score (nSPS) is 12.0. The maximum atomic E-state index is 12.3. The second-order valence-corrected chi connectivity index (χ2v) is 7.94. The minimum atomic E-state index is -3.93. The summed E-state index contributed by atoms with van der Waals surface area (Å²) in [7, 11) is -3.93. The van der Waals surface area contributed by atoms with E-state index >= 15 is 0 Å². The van der Waals surface area contributed by atoms with Crippen molar-refractivity contribution in [3.63, 3.8) is 0 Å². The topological polar surface area (TPSA) is 60.4 Å². The molecule has 0 aliphatic rings. The van der Waals surface area contributed by atoms with Gasteiger partial charge < -0.3 is 4.18 Å². The van der Waals surface area contributed by atoms with Gasteiger partial charge in [-0.2, -0.15) is 8.42 Å². The summed E-state index contributed by atoms with van der Waals surface area (Å²) in [5.74, 6) is -0.0278. The Bertz CT molecular complexity index is 813. The van der Waals surface area contributed by atoms with Crippen molar-refractivity contribution in [1.82, 2.24) is 0 Å². The largest absolute Gasteiger partial charge is 0.379 e. The molecular weight excluding hydrogens is 312 g/mol. The maximum absolute atomic E-state index is 12.3. The monoisotopic (exact) mass is 332 g/mol. The van der Waals surface area contributed by atoms with Crippen molar-refractivity contribution in [3.05, 3.63) is 59.7 Å². The van der Waals surface area contributed by atoms with E-state index in [9.17, 15) is 13.2 Å². The van der Waals surface area contributed by atoms with E-state index in [1.807, 2.05) is 0 Å². The highest BCUT2D eigenvalue weighted by molar-refractivity contribution is 7.87. The fourth-order valence-electron chi connectivity index (χ4n) is 2.06. The molecule has 0 saturated carbocycles. The van der Waals surface area contributed by atoms with E-state index in [0.29, 0.717) is 5.56 Å². The zero-order valence-electron chi connectivity index (χ0n) is 13.7. The van der Waals surface area contributed by atoms with Crippen molar-refractivity contribution >= 4 is 15.9 Å². The number of hydrogen-bond acceptors (Lipinski definition) is 4. The quantitative estimate of drug-likeness (QED) is 0.628. The van der Waals surface area contributed by atoms with Crippen LogP contribution in [0.1, 0.15) is 43.6 Å².